The van der Waals surface area contributed by atoms with Crippen molar-refractivity contribution in [1.29, 1.82) is 0 Å². The number of hydrogen-bond acceptors (Lipinski definition) is 5. The molecule has 1 aromatic rings. The molecule has 1 atom stereocenters. The molecule has 0 bridgehead atoms. The van der Waals surface area contributed by atoms with Gasteiger partial charge in [0.05, 0.1) is 16.2 Å². The van der Waals surface area contributed by atoms with Crippen molar-refractivity contribution in [2.45, 2.75) is 44.2 Å². The highest BCUT2D eigenvalue weighted by Gasteiger charge is 2.45. The van der Waals surface area contributed by atoms with Crippen molar-refractivity contribution < 1.29 is 18.0 Å². The lowest BCUT2D eigenvalue weighted by atomic mass is 9.98. The number of rotatable bonds is 4. The third kappa shape index (κ3) is 3.88. The van der Waals surface area contributed by atoms with Crippen LogP contribution < -0.4 is 10.6 Å². The van der Waals surface area contributed by atoms with Crippen molar-refractivity contribution in [3.8, 4) is 0 Å². The van der Waals surface area contributed by atoms with Crippen LogP contribution in [0.2, 0.25) is 0 Å². The second-order valence-corrected chi connectivity index (χ2v) is 9.88. The maximum Gasteiger partial charge on any atom is 0.262 e. The molecule has 3 rings (SSSR count). The molecule has 1 unspecified atom stereocenters. The average Bonchev–Trinajstić information content (AvgIpc) is 3.22. The van der Waals surface area contributed by atoms with Crippen LogP contribution in [-0.2, 0) is 14.8 Å². The molecule has 0 aromatic carbocycles. The van der Waals surface area contributed by atoms with Gasteiger partial charge in [-0.1, -0.05) is 18.9 Å². The van der Waals surface area contributed by atoms with Gasteiger partial charge in [-0.3, -0.25) is 9.59 Å². The SMILES string of the molecule is CCS(=O)(=O)N1CC(NC(=O)c2cccs2)C(=O)NC2(CCCC2)C1. The number of carbonyl (C=O) groups excluding carboxylic acids is 2. The highest BCUT2D eigenvalue weighted by atomic mass is 32.2. The van der Waals surface area contributed by atoms with Crippen LogP contribution in [0.4, 0.5) is 0 Å². The van der Waals surface area contributed by atoms with Gasteiger partial charge in [-0.2, -0.15) is 4.31 Å². The summed E-state index contributed by atoms with van der Waals surface area (Å²) in [6.07, 6.45) is 3.46. The van der Waals surface area contributed by atoms with Gasteiger partial charge in [0.25, 0.3) is 5.91 Å². The van der Waals surface area contributed by atoms with Gasteiger partial charge in [0, 0.05) is 13.1 Å². The van der Waals surface area contributed by atoms with Crippen LogP contribution in [0.1, 0.15) is 42.3 Å². The number of hydrogen-bond donors (Lipinski definition) is 2. The summed E-state index contributed by atoms with van der Waals surface area (Å²) in [4.78, 5) is 25.5. The first kappa shape index (κ1) is 18.3. The Labute approximate surface area is 151 Å². The van der Waals surface area contributed by atoms with Gasteiger partial charge in [-0.05, 0) is 31.2 Å². The number of carbonyl (C=O) groups is 2. The minimum absolute atomic E-state index is 0.0249. The summed E-state index contributed by atoms with van der Waals surface area (Å²) in [5, 5.41) is 7.50. The predicted molar refractivity (Wildman–Crippen MR) is 95.9 cm³/mol. The number of amides is 2. The fraction of sp³-hybridized carbons (Fsp3) is 0.625. The monoisotopic (exact) mass is 385 g/mol. The molecule has 1 saturated heterocycles. The van der Waals surface area contributed by atoms with Gasteiger partial charge < -0.3 is 10.6 Å². The van der Waals surface area contributed by atoms with Crippen LogP contribution >= 0.6 is 11.3 Å². The number of thiophene rings is 1. The van der Waals surface area contributed by atoms with E-state index in [1.165, 1.54) is 15.6 Å². The normalized spacial score (nSPS) is 24.0. The van der Waals surface area contributed by atoms with Crippen molar-refractivity contribution in [2.24, 2.45) is 0 Å². The first-order chi connectivity index (χ1) is 11.9. The summed E-state index contributed by atoms with van der Waals surface area (Å²) in [5.41, 5.74) is -0.512. The van der Waals surface area contributed by atoms with E-state index in [4.69, 9.17) is 0 Å². The Balaban J connectivity index is 1.85. The molecule has 9 heteroatoms. The quantitative estimate of drug-likeness (QED) is 0.806. The summed E-state index contributed by atoms with van der Waals surface area (Å²) in [6, 6.07) is 2.54. The van der Waals surface area contributed by atoms with E-state index in [0.717, 1.165) is 25.7 Å². The molecule has 2 heterocycles. The summed E-state index contributed by atoms with van der Waals surface area (Å²) < 4.78 is 26.4. The molecule has 1 spiro atoms. The topological polar surface area (TPSA) is 95.6 Å². The molecule has 0 radical (unpaired) electrons. The predicted octanol–water partition coefficient (Wildman–Crippen LogP) is 0.941. The molecule has 1 aliphatic heterocycles. The van der Waals surface area contributed by atoms with E-state index in [1.54, 1.807) is 24.4 Å². The lowest BCUT2D eigenvalue weighted by Gasteiger charge is -2.32. The summed E-state index contributed by atoms with van der Waals surface area (Å²) >= 11 is 1.28. The maximum atomic E-state index is 12.7. The zero-order valence-electron chi connectivity index (χ0n) is 14.2. The molecule has 25 heavy (non-hydrogen) atoms. The fourth-order valence-electron chi connectivity index (χ4n) is 3.55. The van der Waals surface area contributed by atoms with Crippen LogP contribution in [-0.4, -0.2) is 55.0 Å². The first-order valence-corrected chi connectivity index (χ1v) is 11.0. The van der Waals surface area contributed by atoms with Gasteiger partial charge in [0.15, 0.2) is 0 Å². The molecule has 1 aliphatic carbocycles. The fourth-order valence-corrected chi connectivity index (χ4v) is 5.37. The Hall–Kier alpha value is -1.45. The second kappa shape index (κ2) is 7.05. The lowest BCUT2D eigenvalue weighted by molar-refractivity contribution is -0.124. The minimum Gasteiger partial charge on any atom is -0.348 e. The molecular weight excluding hydrogens is 362 g/mol. The summed E-state index contributed by atoms with van der Waals surface area (Å²) in [7, 11) is -3.46. The number of nitrogens with zero attached hydrogens (tertiary/aromatic N) is 1. The third-order valence-corrected chi connectivity index (χ3v) is 7.60. The van der Waals surface area contributed by atoms with E-state index in [1.807, 2.05) is 0 Å². The van der Waals surface area contributed by atoms with Gasteiger partial charge in [-0.25, -0.2) is 8.42 Å². The molecule has 1 saturated carbocycles. The van der Waals surface area contributed by atoms with Crippen molar-refractivity contribution in [1.82, 2.24) is 14.9 Å². The summed E-state index contributed by atoms with van der Waals surface area (Å²) in [5.74, 6) is -0.685. The standard InChI is InChI=1S/C16H23N3O4S2/c1-2-25(22,23)19-10-12(17-15(21)13-6-5-9-24-13)14(20)18-16(11-19)7-3-4-8-16/h5-6,9,12H,2-4,7-8,10-11H2,1H3,(H,17,21)(H,18,20). The maximum absolute atomic E-state index is 12.7. The number of nitrogens with one attached hydrogen (secondary N) is 2. The Kier molecular flexibility index (Phi) is 5.17. The van der Waals surface area contributed by atoms with Crippen molar-refractivity contribution in [3.63, 3.8) is 0 Å². The molecular formula is C16H23N3O4S2. The number of sulfonamides is 1. The van der Waals surface area contributed by atoms with E-state index < -0.39 is 21.6 Å². The van der Waals surface area contributed by atoms with E-state index in [9.17, 15) is 18.0 Å². The van der Waals surface area contributed by atoms with E-state index in [2.05, 4.69) is 10.6 Å². The van der Waals surface area contributed by atoms with Crippen molar-refractivity contribution in [3.05, 3.63) is 22.4 Å². The molecule has 2 aliphatic rings. The van der Waals surface area contributed by atoms with Gasteiger partial charge in [0.2, 0.25) is 15.9 Å². The van der Waals surface area contributed by atoms with E-state index >= 15 is 0 Å². The Morgan fingerprint density at radius 3 is 2.76 bits per heavy atom. The van der Waals surface area contributed by atoms with Crippen LogP contribution in [0.15, 0.2) is 17.5 Å². The van der Waals surface area contributed by atoms with Crippen LogP contribution in [0.3, 0.4) is 0 Å². The zero-order chi connectivity index (χ0) is 18.1. The highest BCUT2D eigenvalue weighted by molar-refractivity contribution is 7.89. The molecule has 1 aromatic heterocycles. The van der Waals surface area contributed by atoms with Crippen LogP contribution in [0.25, 0.3) is 0 Å². The smallest absolute Gasteiger partial charge is 0.262 e. The molecule has 138 valence electrons. The third-order valence-electron chi connectivity index (χ3n) is 4.94. The van der Waals surface area contributed by atoms with Gasteiger partial charge in [0.1, 0.15) is 6.04 Å². The van der Waals surface area contributed by atoms with Crippen molar-refractivity contribution in [2.75, 3.05) is 18.8 Å². The Morgan fingerprint density at radius 2 is 2.16 bits per heavy atom. The van der Waals surface area contributed by atoms with Gasteiger partial charge >= 0.3 is 0 Å². The minimum atomic E-state index is -3.46. The van der Waals surface area contributed by atoms with Crippen LogP contribution in [0.5, 0.6) is 0 Å². The first-order valence-electron chi connectivity index (χ1n) is 8.49. The molecule has 2 amide bonds. The Morgan fingerprint density at radius 1 is 1.44 bits per heavy atom. The summed E-state index contributed by atoms with van der Waals surface area (Å²) in [6.45, 7) is 1.84. The molecule has 2 N–H and O–H groups in total. The zero-order valence-corrected chi connectivity index (χ0v) is 15.8. The molecule has 2 fully saturated rings. The lowest BCUT2D eigenvalue weighted by Crippen LogP contribution is -2.54. The molecule has 7 nitrogen and oxygen atoms in total. The van der Waals surface area contributed by atoms with Crippen LogP contribution in [0, 0.1) is 0 Å². The highest BCUT2D eigenvalue weighted by Crippen LogP contribution is 2.32. The van der Waals surface area contributed by atoms with Crippen molar-refractivity contribution >= 4 is 33.2 Å². The van der Waals surface area contributed by atoms with E-state index in [0.29, 0.717) is 4.88 Å². The van der Waals surface area contributed by atoms with E-state index in [-0.39, 0.29) is 30.7 Å². The largest absolute Gasteiger partial charge is 0.348 e. The average molecular weight is 386 g/mol. The second-order valence-electron chi connectivity index (χ2n) is 6.67. The van der Waals surface area contributed by atoms with Gasteiger partial charge in [-0.15, -0.1) is 11.3 Å². The Bertz CT molecular complexity index is 739.